The van der Waals surface area contributed by atoms with Crippen LogP contribution in [0.1, 0.15) is 16.7 Å². The first-order valence-corrected chi connectivity index (χ1v) is 6.77. The maximum atomic E-state index is 10.8. The lowest BCUT2D eigenvalue weighted by Gasteiger charge is -2.13. The van der Waals surface area contributed by atoms with E-state index in [1.54, 1.807) is 26.0 Å². The van der Waals surface area contributed by atoms with E-state index in [1.807, 2.05) is 6.92 Å². The topological polar surface area (TPSA) is 71.5 Å². The lowest BCUT2D eigenvalue weighted by molar-refractivity contribution is 0.605. The predicted octanol–water partition coefficient (Wildman–Crippen LogP) is 0.471. The van der Waals surface area contributed by atoms with E-state index in [4.69, 9.17) is 0 Å². The summed E-state index contributed by atoms with van der Waals surface area (Å²) in [5.74, 6) is 0. The van der Waals surface area contributed by atoms with Crippen LogP contribution in [0.15, 0.2) is 12.1 Å². The van der Waals surface area contributed by atoms with E-state index in [0.717, 1.165) is 16.7 Å². The summed E-state index contributed by atoms with van der Waals surface area (Å²) >= 11 is 0. The van der Waals surface area contributed by atoms with Crippen LogP contribution in [0, 0.1) is 20.8 Å². The minimum Gasteiger partial charge on any atom is -0.209 e. The Kier molecular flexibility index (Phi) is 3.93. The molecule has 0 N–H and O–H groups in total. The molecule has 0 aromatic heterocycles. The molecule has 90 valence electrons. The van der Waals surface area contributed by atoms with Gasteiger partial charge >= 0.3 is 0 Å². The van der Waals surface area contributed by atoms with Crippen molar-refractivity contribution in [1.29, 1.82) is 0 Å². The van der Waals surface area contributed by atoms with Gasteiger partial charge in [0.05, 0.1) is 5.69 Å². The average molecular weight is 263 g/mol. The third kappa shape index (κ3) is 2.53. The van der Waals surface area contributed by atoms with Crippen LogP contribution in [0.5, 0.6) is 0 Å². The standard InChI is InChI=1S/C9H13NO4S2/c1-6-4-9(5-7(2)8(6)3)10(15(11)12)16(13)14/h4-5,15-16H,1-3H3. The van der Waals surface area contributed by atoms with Gasteiger partial charge in [-0.3, -0.25) is 0 Å². The molecule has 0 saturated carbocycles. The first kappa shape index (κ1) is 13.0. The molecule has 1 aromatic carbocycles. The van der Waals surface area contributed by atoms with Crippen molar-refractivity contribution in [2.24, 2.45) is 0 Å². The van der Waals surface area contributed by atoms with Crippen LogP contribution >= 0.6 is 0 Å². The minimum absolute atomic E-state index is 0.160. The van der Waals surface area contributed by atoms with Gasteiger partial charge in [-0.25, -0.2) is 16.8 Å². The summed E-state index contributed by atoms with van der Waals surface area (Å²) in [6, 6.07) is 3.08. The Labute approximate surface area is 97.9 Å². The van der Waals surface area contributed by atoms with Gasteiger partial charge in [0.1, 0.15) is 0 Å². The number of aryl methyl sites for hydroxylation is 2. The third-order valence-electron chi connectivity index (χ3n) is 2.45. The zero-order valence-electron chi connectivity index (χ0n) is 9.13. The predicted molar refractivity (Wildman–Crippen MR) is 63.8 cm³/mol. The molecule has 0 atom stereocenters. The van der Waals surface area contributed by atoms with Crippen molar-refractivity contribution in [2.75, 3.05) is 3.71 Å². The van der Waals surface area contributed by atoms with Crippen molar-refractivity contribution in [2.45, 2.75) is 20.8 Å². The molecule has 0 amide bonds. The number of hydrogen-bond donors (Lipinski definition) is 2. The van der Waals surface area contributed by atoms with Crippen molar-refractivity contribution in [3.05, 3.63) is 28.8 Å². The van der Waals surface area contributed by atoms with Gasteiger partial charge in [-0.15, -0.1) is 0 Å². The van der Waals surface area contributed by atoms with E-state index in [9.17, 15) is 16.8 Å². The number of benzene rings is 1. The Bertz CT molecular complexity index is 500. The van der Waals surface area contributed by atoms with Crippen LogP contribution in [0.4, 0.5) is 5.69 Å². The van der Waals surface area contributed by atoms with Crippen LogP contribution in [0.2, 0.25) is 0 Å². The molecule has 7 heteroatoms. The molecule has 0 unspecified atom stereocenters. The second kappa shape index (κ2) is 4.84. The Morgan fingerprint density at radius 3 is 1.56 bits per heavy atom. The van der Waals surface area contributed by atoms with Gasteiger partial charge in [0, 0.05) is 0 Å². The van der Waals surface area contributed by atoms with Crippen LogP contribution in [0.3, 0.4) is 0 Å². The number of rotatable bonds is 3. The van der Waals surface area contributed by atoms with Crippen molar-refractivity contribution in [1.82, 2.24) is 0 Å². The fourth-order valence-electron chi connectivity index (χ4n) is 1.38. The van der Waals surface area contributed by atoms with Gasteiger partial charge in [0.15, 0.2) is 0 Å². The molecule has 1 rings (SSSR count). The van der Waals surface area contributed by atoms with E-state index < -0.39 is 21.8 Å². The largest absolute Gasteiger partial charge is 0.237 e. The summed E-state index contributed by atoms with van der Waals surface area (Å²) in [6.07, 6.45) is 0. The first-order chi connectivity index (χ1) is 7.34. The van der Waals surface area contributed by atoms with Gasteiger partial charge < -0.3 is 0 Å². The van der Waals surface area contributed by atoms with Crippen LogP contribution in [-0.4, -0.2) is 16.8 Å². The molecule has 1 aromatic rings. The van der Waals surface area contributed by atoms with Crippen molar-refractivity contribution in [3.8, 4) is 0 Å². The highest BCUT2D eigenvalue weighted by atomic mass is 32.2. The maximum absolute atomic E-state index is 10.8. The fourth-order valence-corrected chi connectivity index (χ4v) is 2.46. The molecule has 0 fully saturated rings. The maximum Gasteiger partial charge on any atom is 0.237 e. The fraction of sp³-hybridized carbons (Fsp3) is 0.333. The Morgan fingerprint density at radius 2 is 1.25 bits per heavy atom. The SMILES string of the molecule is Cc1cc(N([SH](=O)=O)[SH](=O)=O)cc(C)c1C. The lowest BCUT2D eigenvalue weighted by Crippen LogP contribution is -2.19. The normalized spacial score (nSPS) is 11.1. The second-order valence-electron chi connectivity index (χ2n) is 3.47. The van der Waals surface area contributed by atoms with E-state index in [0.29, 0.717) is 3.71 Å². The average Bonchev–Trinajstić information content (AvgIpc) is 2.12. The quantitative estimate of drug-likeness (QED) is 0.778. The molecule has 0 saturated heterocycles. The van der Waals surface area contributed by atoms with Crippen molar-refractivity contribution < 1.29 is 16.8 Å². The van der Waals surface area contributed by atoms with Gasteiger partial charge in [-0.05, 0) is 49.6 Å². The van der Waals surface area contributed by atoms with E-state index in [1.165, 1.54) is 0 Å². The zero-order valence-corrected chi connectivity index (χ0v) is 10.9. The molecule has 0 bridgehead atoms. The molecule has 0 heterocycles. The minimum atomic E-state index is -3.18. The monoisotopic (exact) mass is 263 g/mol. The number of hydrogen-bond acceptors (Lipinski definition) is 4. The summed E-state index contributed by atoms with van der Waals surface area (Å²) in [6.45, 7) is 5.51. The molecular formula is C9H13NO4S2. The number of anilines is 1. The lowest BCUT2D eigenvalue weighted by atomic mass is 10.0. The molecule has 0 spiro atoms. The molecule has 5 nitrogen and oxygen atoms in total. The van der Waals surface area contributed by atoms with E-state index in [-0.39, 0.29) is 5.69 Å². The van der Waals surface area contributed by atoms with Gasteiger partial charge in [0.25, 0.3) is 0 Å². The molecule has 0 aliphatic heterocycles. The van der Waals surface area contributed by atoms with Crippen LogP contribution in [-0.2, 0) is 21.8 Å². The molecule has 0 aliphatic rings. The highest BCUT2D eigenvalue weighted by Gasteiger charge is 2.12. The van der Waals surface area contributed by atoms with Crippen LogP contribution < -0.4 is 3.71 Å². The molecule has 16 heavy (non-hydrogen) atoms. The summed E-state index contributed by atoms with van der Waals surface area (Å²) < 4.78 is 43.7. The van der Waals surface area contributed by atoms with Crippen molar-refractivity contribution >= 4 is 27.5 Å². The van der Waals surface area contributed by atoms with Gasteiger partial charge in [-0.1, -0.05) is 0 Å². The smallest absolute Gasteiger partial charge is 0.209 e. The van der Waals surface area contributed by atoms with Gasteiger partial charge in [0.2, 0.25) is 21.8 Å². The third-order valence-corrected chi connectivity index (χ3v) is 4.41. The highest BCUT2D eigenvalue weighted by Crippen LogP contribution is 2.22. The molecule has 0 radical (unpaired) electrons. The zero-order chi connectivity index (χ0) is 12.5. The Balaban J connectivity index is 3.43. The molecular weight excluding hydrogens is 250 g/mol. The number of nitrogens with zero attached hydrogens (tertiary/aromatic N) is 1. The Hall–Kier alpha value is -1.08. The first-order valence-electron chi connectivity index (χ1n) is 4.51. The summed E-state index contributed by atoms with van der Waals surface area (Å²) in [7, 11) is -6.35. The summed E-state index contributed by atoms with van der Waals surface area (Å²) in [5.41, 5.74) is 2.89. The Morgan fingerprint density at radius 1 is 0.875 bits per heavy atom. The second-order valence-corrected chi connectivity index (χ2v) is 5.54. The summed E-state index contributed by atoms with van der Waals surface area (Å²) in [4.78, 5) is 0. The van der Waals surface area contributed by atoms with Crippen LogP contribution in [0.25, 0.3) is 0 Å². The highest BCUT2D eigenvalue weighted by molar-refractivity contribution is 7.92. The van der Waals surface area contributed by atoms with E-state index in [2.05, 4.69) is 0 Å². The number of thiol groups is 2. The molecule has 0 aliphatic carbocycles. The van der Waals surface area contributed by atoms with Crippen molar-refractivity contribution in [3.63, 3.8) is 0 Å². The van der Waals surface area contributed by atoms with Gasteiger partial charge in [-0.2, -0.15) is 3.71 Å². The summed E-state index contributed by atoms with van der Waals surface area (Å²) in [5, 5.41) is 0. The van der Waals surface area contributed by atoms with E-state index >= 15 is 0 Å².